The molecular weight excluding hydrogens is 865 g/mol. The Balaban J connectivity index is 2.95. The summed E-state index contributed by atoms with van der Waals surface area (Å²) in [5.41, 5.74) is 0. The second-order valence-electron chi connectivity index (χ2n) is 13.3. The summed E-state index contributed by atoms with van der Waals surface area (Å²) in [4.78, 5) is 72.3. The normalized spacial score (nSPS) is 20.9. The molecule has 0 aromatic rings. The van der Waals surface area contributed by atoms with E-state index in [1.54, 1.807) is 6.92 Å². The molecule has 0 radical (unpaired) electrons. The van der Waals surface area contributed by atoms with Crippen molar-refractivity contribution in [1.82, 2.24) is 0 Å². The lowest BCUT2D eigenvalue weighted by atomic mass is 9.85. The van der Waals surface area contributed by atoms with Crippen molar-refractivity contribution in [2.45, 2.75) is 146 Å². The van der Waals surface area contributed by atoms with Gasteiger partial charge in [-0.3, -0.25) is 22.9 Å². The maximum Gasteiger partial charge on any atom is 0.472 e. The number of hydrogen-bond donors (Lipinski definition) is 8. The first kappa shape index (κ1) is 55.5. The monoisotopic (exact) mass is 918 g/mol. The molecule has 19 nitrogen and oxygen atoms in total. The molecular formula is C39H53O19P3. The van der Waals surface area contributed by atoms with E-state index in [9.17, 15) is 63.1 Å². The largest absolute Gasteiger partial charge is 0.472 e. The molecule has 61 heavy (non-hydrogen) atoms. The van der Waals surface area contributed by atoms with Gasteiger partial charge in [-0.25, -0.2) is 18.5 Å². The highest BCUT2D eigenvalue weighted by Gasteiger charge is 2.56. The molecule has 8 N–H and O–H groups in total. The van der Waals surface area contributed by atoms with Crippen LogP contribution in [0.5, 0.6) is 0 Å². The number of carbonyl (C=O) groups excluding carboxylic acids is 2. The van der Waals surface area contributed by atoms with Crippen molar-refractivity contribution in [2.75, 3.05) is 13.2 Å². The van der Waals surface area contributed by atoms with Crippen LogP contribution in [-0.4, -0.2) is 108 Å². The van der Waals surface area contributed by atoms with Crippen LogP contribution in [0, 0.1) is 71.0 Å². The summed E-state index contributed by atoms with van der Waals surface area (Å²) < 4.78 is 64.5. The quantitative estimate of drug-likeness (QED) is 0.0203. The van der Waals surface area contributed by atoms with Crippen molar-refractivity contribution in [3.8, 4) is 71.0 Å². The Morgan fingerprint density at radius 2 is 0.984 bits per heavy atom. The van der Waals surface area contributed by atoms with Crippen LogP contribution in [0.25, 0.3) is 0 Å². The Hall–Kier alpha value is -3.49. The number of hydrogen-bond acceptors (Lipinski definition) is 14. The van der Waals surface area contributed by atoms with E-state index in [-0.39, 0.29) is 6.42 Å². The van der Waals surface area contributed by atoms with Gasteiger partial charge in [0.2, 0.25) is 0 Å². The number of unbranched alkanes of at least 4 members (excludes halogenated alkanes) is 12. The zero-order chi connectivity index (χ0) is 45.7. The summed E-state index contributed by atoms with van der Waals surface area (Å²) >= 11 is 0. The van der Waals surface area contributed by atoms with E-state index in [0.717, 1.165) is 25.7 Å². The van der Waals surface area contributed by atoms with Crippen LogP contribution in [-0.2, 0) is 50.9 Å². The van der Waals surface area contributed by atoms with Crippen molar-refractivity contribution in [1.29, 1.82) is 0 Å². The Bertz CT molecular complexity index is 1930. The summed E-state index contributed by atoms with van der Waals surface area (Å²) in [5, 5.41) is 31.7. The van der Waals surface area contributed by atoms with Crippen molar-refractivity contribution in [2.24, 2.45) is 0 Å². The lowest BCUT2D eigenvalue weighted by molar-refractivity contribution is -0.213. The number of ether oxygens (including phenoxy) is 2. The number of rotatable bonds is 26. The molecule has 22 heteroatoms. The SMILES string of the molecule is CC#CC#CC#CC#CC#CC#CC(=O)OC[C@@H](COP(=O)(O)OC1C(O)[C@H](OP(=O)(O)O)[C@@H](OP(=O)(O)O)C(O)[C@@H]1O)OC(=O)CCCCCCCCCCCCCCC. The van der Waals surface area contributed by atoms with Gasteiger partial charge in [0.25, 0.3) is 0 Å². The molecule has 0 amide bonds. The van der Waals surface area contributed by atoms with Crippen molar-refractivity contribution in [3.05, 3.63) is 0 Å². The highest BCUT2D eigenvalue weighted by molar-refractivity contribution is 7.47. The molecule has 0 heterocycles. The van der Waals surface area contributed by atoms with Crippen LogP contribution in [0.4, 0.5) is 0 Å². The smallest absolute Gasteiger partial charge is 0.456 e. The Morgan fingerprint density at radius 3 is 1.46 bits per heavy atom. The lowest BCUT2D eigenvalue weighted by Crippen LogP contribution is -2.65. The fourth-order valence-corrected chi connectivity index (χ4v) is 7.56. The third kappa shape index (κ3) is 27.2. The lowest BCUT2D eigenvalue weighted by Gasteiger charge is -2.44. The van der Waals surface area contributed by atoms with E-state index >= 15 is 0 Å². The van der Waals surface area contributed by atoms with Crippen LogP contribution in [0.1, 0.15) is 104 Å². The molecule has 1 rings (SSSR count). The Kier molecular flexibility index (Phi) is 27.8. The topological polar surface area (TPSA) is 303 Å². The number of esters is 2. The standard InChI is InChI=1S/C39H53O19P3/c1-3-5-7-9-11-13-15-16-18-20-22-24-26-28-33(41)55-31(29-53-32(40)27-25-23-21-19-17-14-12-10-8-6-4-2)30-54-61(51,52)58-37-34(42)35(43)38(56-59(45,46)47)39(36(37)44)57-60(48,49)50/h31,34-39,42-44H,3,5,7,9,11,13,15-16,18,20,22,24,26,28-30H2,1-2H3,(H,51,52)(H2,45,46,47)(H2,48,49,50)/t31-,34-,35?,36?,37?,38-,39-/m0/s1. The second kappa shape index (κ2) is 30.5. The maximum absolute atomic E-state index is 13.0. The van der Waals surface area contributed by atoms with Crippen LogP contribution < -0.4 is 0 Å². The Morgan fingerprint density at radius 1 is 0.557 bits per heavy atom. The third-order valence-corrected chi connectivity index (χ3v) is 10.3. The van der Waals surface area contributed by atoms with Gasteiger partial charge in [0.05, 0.1) is 6.61 Å². The van der Waals surface area contributed by atoms with E-state index in [2.05, 4.69) is 81.1 Å². The molecule has 1 saturated carbocycles. The molecule has 338 valence electrons. The molecule has 1 aliphatic rings. The second-order valence-corrected chi connectivity index (χ2v) is 17.0. The highest BCUT2D eigenvalue weighted by Crippen LogP contribution is 2.51. The molecule has 8 atom stereocenters. The van der Waals surface area contributed by atoms with Gasteiger partial charge in [-0.2, -0.15) is 0 Å². The van der Waals surface area contributed by atoms with Gasteiger partial charge in [0.15, 0.2) is 6.10 Å². The van der Waals surface area contributed by atoms with Crippen LogP contribution >= 0.6 is 23.5 Å². The molecule has 0 saturated heterocycles. The van der Waals surface area contributed by atoms with E-state index in [0.29, 0.717) is 12.8 Å². The minimum absolute atomic E-state index is 0.0765. The summed E-state index contributed by atoms with van der Waals surface area (Å²) in [6, 6.07) is 0. The highest BCUT2D eigenvalue weighted by atomic mass is 31.2. The number of carbonyl (C=O) groups is 2. The van der Waals surface area contributed by atoms with Gasteiger partial charge in [-0.05, 0) is 72.5 Å². The third-order valence-electron chi connectivity index (χ3n) is 8.25. The predicted octanol–water partition coefficient (Wildman–Crippen LogP) is 2.52. The minimum atomic E-state index is -5.63. The van der Waals surface area contributed by atoms with E-state index in [4.69, 9.17) is 18.5 Å². The average Bonchev–Trinajstić information content (AvgIpc) is 3.18. The van der Waals surface area contributed by atoms with E-state index in [1.165, 1.54) is 44.9 Å². The van der Waals surface area contributed by atoms with Crippen LogP contribution in [0.15, 0.2) is 0 Å². The maximum atomic E-state index is 13.0. The number of phosphoric acid groups is 3. The van der Waals surface area contributed by atoms with Crippen molar-refractivity contribution < 1.29 is 90.6 Å². The van der Waals surface area contributed by atoms with Gasteiger partial charge >= 0.3 is 35.4 Å². The predicted molar refractivity (Wildman–Crippen MR) is 216 cm³/mol. The van der Waals surface area contributed by atoms with Gasteiger partial charge in [-0.1, -0.05) is 89.9 Å². The van der Waals surface area contributed by atoms with Gasteiger partial charge in [-0.15, -0.1) is 0 Å². The molecule has 0 aromatic carbocycles. The van der Waals surface area contributed by atoms with E-state index < -0.39 is 91.3 Å². The molecule has 4 unspecified atom stereocenters. The van der Waals surface area contributed by atoms with Gasteiger partial charge in [0, 0.05) is 12.3 Å². The number of phosphoric ester groups is 3. The zero-order valence-corrected chi connectivity index (χ0v) is 36.4. The number of aliphatic hydroxyl groups excluding tert-OH is 3. The first-order chi connectivity index (χ1) is 28.8. The molecule has 0 aromatic heterocycles. The summed E-state index contributed by atoms with van der Waals surface area (Å²) in [6.07, 6.45) is -2.99. The average molecular weight is 919 g/mol. The molecule has 0 aliphatic heterocycles. The van der Waals surface area contributed by atoms with Crippen molar-refractivity contribution in [3.63, 3.8) is 0 Å². The zero-order valence-electron chi connectivity index (χ0n) is 33.8. The van der Waals surface area contributed by atoms with Crippen molar-refractivity contribution >= 4 is 35.4 Å². The number of aliphatic hydroxyl groups is 3. The molecule has 0 spiro atoms. The van der Waals surface area contributed by atoms with E-state index in [1.807, 2.05) is 5.92 Å². The summed E-state index contributed by atoms with van der Waals surface area (Å²) in [7, 11) is -16.7. The molecule has 1 fully saturated rings. The molecule has 1 aliphatic carbocycles. The fourth-order valence-electron chi connectivity index (χ4n) is 5.46. The summed E-state index contributed by atoms with van der Waals surface area (Å²) in [6.45, 7) is 1.99. The first-order valence-electron chi connectivity index (χ1n) is 19.3. The first-order valence-corrected chi connectivity index (χ1v) is 23.8. The van der Waals surface area contributed by atoms with Gasteiger partial charge in [0.1, 0.15) is 43.2 Å². The molecule has 0 bridgehead atoms. The minimum Gasteiger partial charge on any atom is -0.456 e. The van der Waals surface area contributed by atoms with Gasteiger partial charge < -0.3 is 49.3 Å². The van der Waals surface area contributed by atoms with Crippen LogP contribution in [0.2, 0.25) is 0 Å². The fraction of sp³-hybridized carbons (Fsp3) is 0.641. The summed E-state index contributed by atoms with van der Waals surface area (Å²) in [5.74, 6) is 26.3. The Labute approximate surface area is 356 Å². The van der Waals surface area contributed by atoms with Crippen LogP contribution in [0.3, 0.4) is 0 Å².